The number of carbonyl (C=O) groups is 1. The topological polar surface area (TPSA) is 17.1 Å². The third-order valence-corrected chi connectivity index (χ3v) is 6.28. The SMILES string of the molecule is CCCCCC1CCC(c2ccc3c(c2)C(=O)c2ccccc2-3)CC1. The fraction of sp³-hybridized carbons (Fsp3) is 0.458. The fourth-order valence-electron chi connectivity index (χ4n) is 4.77. The second-order valence-electron chi connectivity index (χ2n) is 7.89. The molecule has 0 bridgehead atoms. The Morgan fingerprint density at radius 2 is 1.56 bits per heavy atom. The van der Waals surface area contributed by atoms with E-state index in [4.69, 9.17) is 0 Å². The van der Waals surface area contributed by atoms with Crippen molar-refractivity contribution in [2.24, 2.45) is 5.92 Å². The van der Waals surface area contributed by atoms with Gasteiger partial charge in [0.05, 0.1) is 0 Å². The van der Waals surface area contributed by atoms with E-state index < -0.39 is 0 Å². The van der Waals surface area contributed by atoms with Gasteiger partial charge >= 0.3 is 0 Å². The van der Waals surface area contributed by atoms with E-state index in [1.165, 1.54) is 56.9 Å². The maximum atomic E-state index is 12.7. The molecule has 25 heavy (non-hydrogen) atoms. The first kappa shape index (κ1) is 16.6. The van der Waals surface area contributed by atoms with Crippen LogP contribution in [0.4, 0.5) is 0 Å². The van der Waals surface area contributed by atoms with Crippen LogP contribution < -0.4 is 0 Å². The zero-order valence-electron chi connectivity index (χ0n) is 15.3. The summed E-state index contributed by atoms with van der Waals surface area (Å²) in [6.07, 6.45) is 10.8. The van der Waals surface area contributed by atoms with Crippen molar-refractivity contribution >= 4 is 5.78 Å². The summed E-state index contributed by atoms with van der Waals surface area (Å²) < 4.78 is 0. The first-order chi connectivity index (χ1) is 12.3. The Balaban J connectivity index is 1.47. The van der Waals surface area contributed by atoms with Crippen LogP contribution in [0.3, 0.4) is 0 Å². The summed E-state index contributed by atoms with van der Waals surface area (Å²) in [4.78, 5) is 12.7. The van der Waals surface area contributed by atoms with Gasteiger partial charge in [-0.1, -0.05) is 69.0 Å². The fourth-order valence-corrected chi connectivity index (χ4v) is 4.77. The minimum Gasteiger partial charge on any atom is -0.289 e. The van der Waals surface area contributed by atoms with Gasteiger partial charge in [-0.3, -0.25) is 4.79 Å². The molecular weight excluding hydrogens is 304 g/mol. The molecule has 4 rings (SSSR count). The standard InChI is InChI=1S/C24H28O/c1-2-3-4-7-17-10-12-18(13-11-17)19-14-15-21-20-8-5-6-9-22(20)24(25)23(21)16-19/h5-6,8-9,14-18H,2-4,7,10-13H2,1H3. The van der Waals surface area contributed by atoms with Crippen LogP contribution in [0.2, 0.25) is 0 Å². The first-order valence-electron chi connectivity index (χ1n) is 10.1. The third-order valence-electron chi connectivity index (χ3n) is 6.28. The largest absolute Gasteiger partial charge is 0.289 e. The van der Waals surface area contributed by atoms with Crippen molar-refractivity contribution in [1.82, 2.24) is 0 Å². The number of unbranched alkanes of at least 4 members (excludes halogenated alkanes) is 2. The predicted octanol–water partition coefficient (Wildman–Crippen LogP) is 6.75. The molecule has 1 heteroatoms. The maximum Gasteiger partial charge on any atom is 0.194 e. The number of rotatable bonds is 5. The lowest BCUT2D eigenvalue weighted by Crippen LogP contribution is -2.13. The van der Waals surface area contributed by atoms with E-state index in [-0.39, 0.29) is 5.78 Å². The van der Waals surface area contributed by atoms with Gasteiger partial charge in [0.2, 0.25) is 0 Å². The minimum atomic E-state index is 0.209. The van der Waals surface area contributed by atoms with Crippen molar-refractivity contribution < 1.29 is 4.79 Å². The van der Waals surface area contributed by atoms with Gasteiger partial charge in [-0.25, -0.2) is 0 Å². The van der Waals surface area contributed by atoms with Gasteiger partial charge < -0.3 is 0 Å². The highest BCUT2D eigenvalue weighted by atomic mass is 16.1. The van der Waals surface area contributed by atoms with Crippen LogP contribution in [0.1, 0.15) is 85.7 Å². The summed E-state index contributed by atoms with van der Waals surface area (Å²) in [7, 11) is 0. The number of carbonyl (C=O) groups excluding carboxylic acids is 1. The van der Waals surface area contributed by atoms with Crippen LogP contribution in [0.5, 0.6) is 0 Å². The summed E-state index contributed by atoms with van der Waals surface area (Å²) in [6, 6.07) is 14.7. The summed E-state index contributed by atoms with van der Waals surface area (Å²) in [5, 5.41) is 0. The van der Waals surface area contributed by atoms with Gasteiger partial charge in [-0.05, 0) is 60.3 Å². The Kier molecular flexibility index (Phi) is 4.74. The van der Waals surface area contributed by atoms with E-state index in [9.17, 15) is 4.79 Å². The summed E-state index contributed by atoms with van der Waals surface area (Å²) in [6.45, 7) is 2.28. The van der Waals surface area contributed by atoms with E-state index in [1.807, 2.05) is 18.2 Å². The highest BCUT2D eigenvalue weighted by Crippen LogP contribution is 2.41. The molecule has 0 heterocycles. The predicted molar refractivity (Wildman–Crippen MR) is 104 cm³/mol. The molecule has 0 aliphatic heterocycles. The molecule has 2 aliphatic rings. The molecule has 1 fully saturated rings. The van der Waals surface area contributed by atoms with Crippen LogP contribution >= 0.6 is 0 Å². The van der Waals surface area contributed by atoms with Crippen LogP contribution in [-0.4, -0.2) is 5.78 Å². The molecule has 2 aromatic rings. The van der Waals surface area contributed by atoms with Crippen LogP contribution in [0.25, 0.3) is 11.1 Å². The molecule has 1 nitrogen and oxygen atoms in total. The number of fused-ring (bicyclic) bond motifs is 3. The lowest BCUT2D eigenvalue weighted by Gasteiger charge is -2.29. The summed E-state index contributed by atoms with van der Waals surface area (Å²) >= 11 is 0. The van der Waals surface area contributed by atoms with Gasteiger partial charge in [0.1, 0.15) is 0 Å². The smallest absolute Gasteiger partial charge is 0.194 e. The number of hydrogen-bond acceptors (Lipinski definition) is 1. The second kappa shape index (κ2) is 7.15. The van der Waals surface area contributed by atoms with Crippen LogP contribution in [-0.2, 0) is 0 Å². The second-order valence-corrected chi connectivity index (χ2v) is 7.89. The molecule has 2 aromatic carbocycles. The Hall–Kier alpha value is -1.89. The quantitative estimate of drug-likeness (QED) is 0.472. The van der Waals surface area contributed by atoms with Gasteiger partial charge in [-0.2, -0.15) is 0 Å². The minimum absolute atomic E-state index is 0.209. The van der Waals surface area contributed by atoms with Crippen molar-refractivity contribution in [2.45, 2.75) is 64.2 Å². The summed E-state index contributed by atoms with van der Waals surface area (Å²) in [5.41, 5.74) is 5.40. The average Bonchev–Trinajstić information content (AvgIpc) is 2.95. The van der Waals surface area contributed by atoms with Gasteiger partial charge in [0.15, 0.2) is 5.78 Å². The molecule has 0 unspecified atom stereocenters. The lowest BCUT2D eigenvalue weighted by molar-refractivity contribution is 0.104. The van der Waals surface area contributed by atoms with E-state index in [0.29, 0.717) is 5.92 Å². The van der Waals surface area contributed by atoms with Crippen molar-refractivity contribution in [3.63, 3.8) is 0 Å². The highest BCUT2D eigenvalue weighted by molar-refractivity contribution is 6.21. The molecule has 0 spiro atoms. The Morgan fingerprint density at radius 1 is 0.840 bits per heavy atom. The molecule has 0 saturated heterocycles. The van der Waals surface area contributed by atoms with Crippen molar-refractivity contribution in [3.05, 3.63) is 59.2 Å². The Morgan fingerprint density at radius 3 is 2.32 bits per heavy atom. The van der Waals surface area contributed by atoms with Gasteiger partial charge in [-0.15, -0.1) is 0 Å². The zero-order chi connectivity index (χ0) is 17.2. The molecule has 0 radical (unpaired) electrons. The molecular formula is C24H28O. The van der Waals surface area contributed by atoms with Crippen LogP contribution in [0, 0.1) is 5.92 Å². The number of hydrogen-bond donors (Lipinski definition) is 0. The summed E-state index contributed by atoms with van der Waals surface area (Å²) in [5.74, 6) is 1.79. The third kappa shape index (κ3) is 3.17. The van der Waals surface area contributed by atoms with E-state index in [1.54, 1.807) is 0 Å². The molecule has 0 aromatic heterocycles. The van der Waals surface area contributed by atoms with Gasteiger partial charge in [0.25, 0.3) is 0 Å². The zero-order valence-corrected chi connectivity index (χ0v) is 15.3. The van der Waals surface area contributed by atoms with Crippen molar-refractivity contribution in [3.8, 4) is 11.1 Å². The van der Waals surface area contributed by atoms with E-state index in [0.717, 1.165) is 28.2 Å². The molecule has 0 atom stereocenters. The van der Waals surface area contributed by atoms with E-state index >= 15 is 0 Å². The molecule has 0 N–H and O–H groups in total. The molecule has 0 amide bonds. The molecule has 2 aliphatic carbocycles. The Bertz CT molecular complexity index is 765. The number of benzene rings is 2. The normalized spacial score (nSPS) is 21.9. The lowest BCUT2D eigenvalue weighted by atomic mass is 9.76. The first-order valence-corrected chi connectivity index (χ1v) is 10.1. The Labute approximate surface area is 151 Å². The molecule has 130 valence electrons. The van der Waals surface area contributed by atoms with Crippen LogP contribution in [0.15, 0.2) is 42.5 Å². The van der Waals surface area contributed by atoms with E-state index in [2.05, 4.69) is 31.2 Å². The maximum absolute atomic E-state index is 12.7. The average molecular weight is 332 g/mol. The highest BCUT2D eigenvalue weighted by Gasteiger charge is 2.28. The van der Waals surface area contributed by atoms with Crippen molar-refractivity contribution in [1.29, 1.82) is 0 Å². The van der Waals surface area contributed by atoms with Gasteiger partial charge in [0, 0.05) is 11.1 Å². The monoisotopic (exact) mass is 332 g/mol. The van der Waals surface area contributed by atoms with Crippen molar-refractivity contribution in [2.75, 3.05) is 0 Å². The molecule has 1 saturated carbocycles. The number of ketones is 1.